The lowest BCUT2D eigenvalue weighted by molar-refractivity contribution is -0.384. The average molecular weight is 421 g/mol. The van der Waals surface area contributed by atoms with E-state index >= 15 is 0 Å². The third-order valence-corrected chi connectivity index (χ3v) is 5.16. The SMILES string of the molecule is O=C(N/N=C/c1ccc([N+](=O)[O-])cc1)C1Nc2ccc(Cl)cc2C1c1ccccc1. The van der Waals surface area contributed by atoms with E-state index in [-0.39, 0.29) is 17.5 Å². The standard InChI is InChI=1S/C22H17ClN4O3/c23-16-8-11-19-18(12-16)20(15-4-2-1-3-5-15)21(25-19)22(28)26-24-13-14-6-9-17(10-7-14)27(29)30/h1-13,20-21,25H,(H,26,28)/b24-13+. The molecule has 150 valence electrons. The van der Waals surface area contributed by atoms with E-state index in [9.17, 15) is 14.9 Å². The number of halogens is 1. The Balaban J connectivity index is 1.53. The summed E-state index contributed by atoms with van der Waals surface area (Å²) in [6, 6.07) is 20.6. The zero-order valence-corrected chi connectivity index (χ0v) is 16.4. The van der Waals surface area contributed by atoms with E-state index in [2.05, 4.69) is 15.8 Å². The highest BCUT2D eigenvalue weighted by Crippen LogP contribution is 2.41. The topological polar surface area (TPSA) is 96.6 Å². The van der Waals surface area contributed by atoms with Crippen LogP contribution in [0.3, 0.4) is 0 Å². The number of non-ortho nitro benzene ring substituents is 1. The molecule has 3 aromatic rings. The van der Waals surface area contributed by atoms with Crippen LogP contribution in [0.2, 0.25) is 5.02 Å². The fourth-order valence-corrected chi connectivity index (χ4v) is 3.70. The second kappa shape index (κ2) is 8.34. The van der Waals surface area contributed by atoms with Gasteiger partial charge >= 0.3 is 0 Å². The number of carbonyl (C=O) groups is 1. The van der Waals surface area contributed by atoms with Crippen LogP contribution in [0.15, 0.2) is 77.9 Å². The molecular formula is C22H17ClN4O3. The molecular weight excluding hydrogens is 404 g/mol. The van der Waals surface area contributed by atoms with E-state index in [1.54, 1.807) is 18.2 Å². The Hall–Kier alpha value is -3.71. The first-order valence-electron chi connectivity index (χ1n) is 9.21. The van der Waals surface area contributed by atoms with Crippen molar-refractivity contribution in [3.8, 4) is 0 Å². The van der Waals surface area contributed by atoms with Crippen molar-refractivity contribution in [2.24, 2.45) is 5.10 Å². The first-order chi connectivity index (χ1) is 14.5. The molecule has 0 aliphatic carbocycles. The fourth-order valence-electron chi connectivity index (χ4n) is 3.52. The minimum atomic E-state index is -0.560. The van der Waals surface area contributed by atoms with Gasteiger partial charge in [0, 0.05) is 28.8 Å². The molecule has 30 heavy (non-hydrogen) atoms. The zero-order valence-electron chi connectivity index (χ0n) is 15.7. The molecule has 1 amide bonds. The van der Waals surface area contributed by atoms with E-state index < -0.39 is 11.0 Å². The van der Waals surface area contributed by atoms with Gasteiger partial charge < -0.3 is 5.32 Å². The molecule has 0 radical (unpaired) electrons. The number of nitrogens with zero attached hydrogens (tertiary/aromatic N) is 2. The van der Waals surface area contributed by atoms with Crippen molar-refractivity contribution in [1.82, 2.24) is 5.43 Å². The van der Waals surface area contributed by atoms with Crippen molar-refractivity contribution in [3.63, 3.8) is 0 Å². The molecule has 4 rings (SSSR count). The molecule has 8 heteroatoms. The Morgan fingerprint density at radius 3 is 2.53 bits per heavy atom. The van der Waals surface area contributed by atoms with Gasteiger partial charge in [-0.1, -0.05) is 41.9 Å². The second-order valence-electron chi connectivity index (χ2n) is 6.82. The molecule has 7 nitrogen and oxygen atoms in total. The first-order valence-corrected chi connectivity index (χ1v) is 9.59. The summed E-state index contributed by atoms with van der Waals surface area (Å²) >= 11 is 6.19. The molecule has 0 bridgehead atoms. The summed E-state index contributed by atoms with van der Waals surface area (Å²) in [5, 5.41) is 18.6. The second-order valence-corrected chi connectivity index (χ2v) is 7.26. The van der Waals surface area contributed by atoms with Crippen molar-refractivity contribution in [3.05, 3.63) is 105 Å². The third kappa shape index (κ3) is 4.01. The summed E-state index contributed by atoms with van der Waals surface area (Å²) in [4.78, 5) is 23.2. The van der Waals surface area contributed by atoms with Crippen LogP contribution in [0, 0.1) is 10.1 Å². The average Bonchev–Trinajstić information content (AvgIpc) is 3.13. The normalized spacial score (nSPS) is 17.4. The number of hydrazone groups is 1. The Kier molecular flexibility index (Phi) is 5.45. The van der Waals surface area contributed by atoms with Gasteiger partial charge in [-0.3, -0.25) is 14.9 Å². The molecule has 3 aromatic carbocycles. The number of amides is 1. The Morgan fingerprint density at radius 2 is 1.83 bits per heavy atom. The van der Waals surface area contributed by atoms with Crippen LogP contribution in [-0.2, 0) is 4.79 Å². The summed E-state index contributed by atoms with van der Waals surface area (Å²) in [6.45, 7) is 0. The number of carbonyl (C=O) groups excluding carboxylic acids is 1. The van der Waals surface area contributed by atoms with Crippen LogP contribution >= 0.6 is 11.6 Å². The number of nitro groups is 1. The minimum absolute atomic E-state index is 0.00605. The summed E-state index contributed by atoms with van der Waals surface area (Å²) in [5.41, 5.74) is 5.99. The smallest absolute Gasteiger partial charge is 0.269 e. The van der Waals surface area contributed by atoms with Crippen LogP contribution in [0.1, 0.15) is 22.6 Å². The number of rotatable bonds is 5. The lowest BCUT2D eigenvalue weighted by Gasteiger charge is -2.19. The number of anilines is 1. The third-order valence-electron chi connectivity index (χ3n) is 4.93. The predicted octanol–water partition coefficient (Wildman–Crippen LogP) is 4.32. The number of fused-ring (bicyclic) bond motifs is 1. The Bertz CT molecular complexity index is 1120. The van der Waals surface area contributed by atoms with Crippen molar-refractivity contribution < 1.29 is 9.72 Å². The summed E-state index contributed by atoms with van der Waals surface area (Å²) in [7, 11) is 0. The molecule has 0 aromatic heterocycles. The fraction of sp³-hybridized carbons (Fsp3) is 0.0909. The van der Waals surface area contributed by atoms with Crippen molar-refractivity contribution >= 4 is 35.1 Å². The van der Waals surface area contributed by atoms with E-state index in [1.165, 1.54) is 18.3 Å². The van der Waals surface area contributed by atoms with Gasteiger partial charge in [0.2, 0.25) is 0 Å². The molecule has 0 saturated heterocycles. The van der Waals surface area contributed by atoms with Gasteiger partial charge in [0.25, 0.3) is 11.6 Å². The largest absolute Gasteiger partial charge is 0.373 e. The highest BCUT2D eigenvalue weighted by atomic mass is 35.5. The van der Waals surface area contributed by atoms with Crippen molar-refractivity contribution in [2.75, 3.05) is 5.32 Å². The van der Waals surface area contributed by atoms with Crippen molar-refractivity contribution in [1.29, 1.82) is 0 Å². The summed E-state index contributed by atoms with van der Waals surface area (Å²) < 4.78 is 0. The van der Waals surface area contributed by atoms with Gasteiger partial charge in [0.1, 0.15) is 6.04 Å². The molecule has 1 heterocycles. The first kappa shape index (κ1) is 19.6. The lowest BCUT2D eigenvalue weighted by atomic mass is 9.87. The summed E-state index contributed by atoms with van der Waals surface area (Å²) in [6.07, 6.45) is 1.44. The quantitative estimate of drug-likeness (QED) is 0.365. The number of nitro benzene ring substituents is 1. The monoisotopic (exact) mass is 420 g/mol. The van der Waals surface area contributed by atoms with Crippen LogP contribution in [0.25, 0.3) is 0 Å². The predicted molar refractivity (Wildman–Crippen MR) is 116 cm³/mol. The van der Waals surface area contributed by atoms with Gasteiger partial charge in [-0.05, 0) is 47.0 Å². The number of benzene rings is 3. The van der Waals surface area contributed by atoms with Gasteiger partial charge in [-0.15, -0.1) is 0 Å². The highest BCUT2D eigenvalue weighted by Gasteiger charge is 2.38. The molecule has 1 aliphatic rings. The van der Waals surface area contributed by atoms with Crippen molar-refractivity contribution in [2.45, 2.75) is 12.0 Å². The Labute approximate surface area is 177 Å². The van der Waals surface area contributed by atoms with E-state index in [4.69, 9.17) is 11.6 Å². The van der Waals surface area contributed by atoms with E-state index in [0.717, 1.165) is 16.8 Å². The maximum atomic E-state index is 12.9. The van der Waals surface area contributed by atoms with Crippen LogP contribution in [0.4, 0.5) is 11.4 Å². The number of hydrogen-bond donors (Lipinski definition) is 2. The zero-order chi connectivity index (χ0) is 21.1. The van der Waals surface area contributed by atoms with E-state index in [1.807, 2.05) is 42.5 Å². The van der Waals surface area contributed by atoms with Crippen LogP contribution in [0.5, 0.6) is 0 Å². The van der Waals surface area contributed by atoms with Gasteiger partial charge in [0.05, 0.1) is 11.1 Å². The highest BCUT2D eigenvalue weighted by molar-refractivity contribution is 6.30. The lowest BCUT2D eigenvalue weighted by Crippen LogP contribution is -2.38. The molecule has 0 spiro atoms. The molecule has 1 aliphatic heterocycles. The van der Waals surface area contributed by atoms with Gasteiger partial charge in [-0.25, -0.2) is 5.43 Å². The minimum Gasteiger partial charge on any atom is -0.373 e. The van der Waals surface area contributed by atoms with Gasteiger partial charge in [-0.2, -0.15) is 5.10 Å². The molecule has 2 atom stereocenters. The molecule has 2 unspecified atom stereocenters. The summed E-state index contributed by atoms with van der Waals surface area (Å²) in [5.74, 6) is -0.510. The molecule has 0 saturated carbocycles. The van der Waals surface area contributed by atoms with E-state index in [0.29, 0.717) is 10.6 Å². The number of nitrogens with one attached hydrogen (secondary N) is 2. The number of hydrogen-bond acceptors (Lipinski definition) is 5. The van der Waals surface area contributed by atoms with Gasteiger partial charge in [0.15, 0.2) is 0 Å². The molecule has 2 N–H and O–H groups in total. The maximum Gasteiger partial charge on any atom is 0.269 e. The van der Waals surface area contributed by atoms with Crippen LogP contribution < -0.4 is 10.7 Å². The Morgan fingerprint density at radius 1 is 1.10 bits per heavy atom. The van der Waals surface area contributed by atoms with Crippen LogP contribution in [-0.4, -0.2) is 23.1 Å². The maximum absolute atomic E-state index is 12.9. The molecule has 0 fully saturated rings.